The molecule has 1 heterocycles. The van der Waals surface area contributed by atoms with Crippen molar-refractivity contribution in [3.8, 4) is 5.75 Å². The minimum Gasteiger partial charge on any atom is -0.507 e. The first-order valence-corrected chi connectivity index (χ1v) is 11.8. The fourth-order valence-corrected chi connectivity index (χ4v) is 4.36. The molecule has 4 aromatic rings. The van der Waals surface area contributed by atoms with Gasteiger partial charge >= 0.3 is 0 Å². The lowest BCUT2D eigenvalue weighted by Gasteiger charge is -2.09. The van der Waals surface area contributed by atoms with E-state index in [4.69, 9.17) is 16.6 Å². The molecule has 0 saturated heterocycles. The Hall–Kier alpha value is -2.81. The van der Waals surface area contributed by atoms with Crippen LogP contribution in [-0.4, -0.2) is 32.5 Å². The Balaban J connectivity index is 1.45. The summed E-state index contributed by atoms with van der Waals surface area (Å²) in [5.74, 6) is -0.0477. The van der Waals surface area contributed by atoms with Crippen LogP contribution in [0.25, 0.3) is 11.0 Å². The number of thioether (sulfide) groups is 1. The molecule has 0 aliphatic carbocycles. The zero-order chi connectivity index (χ0) is 22.5. The largest absolute Gasteiger partial charge is 0.507 e. The molecule has 32 heavy (non-hydrogen) atoms. The van der Waals surface area contributed by atoms with Crippen molar-refractivity contribution in [2.45, 2.75) is 11.7 Å². The van der Waals surface area contributed by atoms with Gasteiger partial charge in [-0.05, 0) is 48.0 Å². The number of phenols is 1. The van der Waals surface area contributed by atoms with Gasteiger partial charge in [-0.15, -0.1) is 0 Å². The van der Waals surface area contributed by atoms with Gasteiger partial charge in [-0.2, -0.15) is 5.10 Å². The van der Waals surface area contributed by atoms with E-state index in [1.165, 1.54) is 18.0 Å². The molecule has 0 unspecified atom stereocenters. The van der Waals surface area contributed by atoms with Crippen LogP contribution in [0.4, 0.5) is 0 Å². The second-order valence-corrected chi connectivity index (χ2v) is 9.18. The predicted octanol–water partition coefficient (Wildman–Crippen LogP) is 5.45. The van der Waals surface area contributed by atoms with Crippen molar-refractivity contribution < 1.29 is 9.90 Å². The average molecular weight is 530 g/mol. The van der Waals surface area contributed by atoms with E-state index in [0.717, 1.165) is 26.2 Å². The van der Waals surface area contributed by atoms with Crippen molar-refractivity contribution in [2.75, 3.05) is 5.75 Å². The Morgan fingerprint density at radius 2 is 1.97 bits per heavy atom. The number of amides is 1. The average Bonchev–Trinajstić information content (AvgIpc) is 3.13. The molecule has 0 bridgehead atoms. The van der Waals surface area contributed by atoms with Crippen molar-refractivity contribution in [3.63, 3.8) is 0 Å². The maximum atomic E-state index is 12.3. The number of rotatable bonds is 7. The van der Waals surface area contributed by atoms with Crippen LogP contribution in [0.2, 0.25) is 5.02 Å². The summed E-state index contributed by atoms with van der Waals surface area (Å²) in [6, 6.07) is 20.5. The third-order valence-corrected chi connectivity index (χ3v) is 6.31. The molecule has 4 rings (SSSR count). The maximum Gasteiger partial charge on any atom is 0.250 e. The third-order valence-electron chi connectivity index (χ3n) is 4.59. The van der Waals surface area contributed by atoms with Crippen molar-refractivity contribution in [2.24, 2.45) is 5.10 Å². The zero-order valence-corrected chi connectivity index (χ0v) is 19.9. The zero-order valence-electron chi connectivity index (χ0n) is 16.7. The van der Waals surface area contributed by atoms with Crippen LogP contribution in [-0.2, 0) is 11.3 Å². The monoisotopic (exact) mass is 528 g/mol. The van der Waals surface area contributed by atoms with E-state index >= 15 is 0 Å². The summed E-state index contributed by atoms with van der Waals surface area (Å²) in [7, 11) is 0. The summed E-state index contributed by atoms with van der Waals surface area (Å²) in [5.41, 5.74) is 5.93. The molecule has 2 N–H and O–H groups in total. The number of para-hydroxylation sites is 2. The minimum absolute atomic E-state index is 0.0801. The van der Waals surface area contributed by atoms with Gasteiger partial charge in [0, 0.05) is 15.1 Å². The number of phenolic OH excluding ortho intramolecular Hbond substituents is 1. The minimum atomic E-state index is -0.272. The Morgan fingerprint density at radius 1 is 1.19 bits per heavy atom. The van der Waals surface area contributed by atoms with Gasteiger partial charge in [-0.1, -0.05) is 63.6 Å². The fraction of sp³-hybridized carbons (Fsp3) is 0.0870. The summed E-state index contributed by atoms with van der Waals surface area (Å²) in [6.07, 6.45) is 1.40. The molecular formula is C23H18BrClN4O2S. The molecule has 1 aromatic heterocycles. The number of nitrogens with one attached hydrogen (secondary N) is 1. The second kappa shape index (κ2) is 10.2. The summed E-state index contributed by atoms with van der Waals surface area (Å²) >= 11 is 10.7. The Kier molecular flexibility index (Phi) is 7.14. The van der Waals surface area contributed by atoms with E-state index in [-0.39, 0.29) is 17.4 Å². The van der Waals surface area contributed by atoms with E-state index in [9.17, 15) is 9.90 Å². The molecule has 0 aliphatic heterocycles. The van der Waals surface area contributed by atoms with Gasteiger partial charge in [0.15, 0.2) is 5.16 Å². The molecule has 1 amide bonds. The summed E-state index contributed by atoms with van der Waals surface area (Å²) < 4.78 is 2.89. The number of carbonyl (C=O) groups excluding carboxylic acids is 1. The van der Waals surface area contributed by atoms with Crippen LogP contribution >= 0.6 is 39.3 Å². The van der Waals surface area contributed by atoms with Crippen LogP contribution in [0, 0.1) is 0 Å². The quantitative estimate of drug-likeness (QED) is 0.190. The topological polar surface area (TPSA) is 79.5 Å². The highest BCUT2D eigenvalue weighted by atomic mass is 79.9. The van der Waals surface area contributed by atoms with Gasteiger partial charge in [0.25, 0.3) is 5.91 Å². The number of aromatic nitrogens is 2. The molecule has 0 aliphatic rings. The molecule has 0 spiro atoms. The highest BCUT2D eigenvalue weighted by Crippen LogP contribution is 2.25. The first-order valence-electron chi connectivity index (χ1n) is 9.62. The lowest BCUT2D eigenvalue weighted by atomic mass is 10.2. The van der Waals surface area contributed by atoms with E-state index in [0.29, 0.717) is 17.1 Å². The summed E-state index contributed by atoms with van der Waals surface area (Å²) in [5, 5.41) is 15.2. The van der Waals surface area contributed by atoms with Gasteiger partial charge in [0.2, 0.25) is 0 Å². The van der Waals surface area contributed by atoms with Crippen molar-refractivity contribution in [1.29, 1.82) is 0 Å². The molecular weight excluding hydrogens is 512 g/mol. The molecule has 0 fully saturated rings. The second-order valence-electron chi connectivity index (χ2n) is 6.88. The van der Waals surface area contributed by atoms with Crippen molar-refractivity contribution >= 4 is 62.4 Å². The lowest BCUT2D eigenvalue weighted by Crippen LogP contribution is -2.20. The normalized spacial score (nSPS) is 11.3. The van der Waals surface area contributed by atoms with Gasteiger partial charge in [-0.3, -0.25) is 4.79 Å². The molecule has 0 atom stereocenters. The number of nitrogens with zero attached hydrogens (tertiary/aromatic N) is 3. The number of hydrogen-bond donors (Lipinski definition) is 2. The Bertz CT molecular complexity index is 1290. The van der Waals surface area contributed by atoms with Gasteiger partial charge < -0.3 is 9.67 Å². The number of carbonyl (C=O) groups is 1. The number of benzene rings is 3. The number of fused-ring (bicyclic) bond motifs is 1. The number of hydrazone groups is 1. The molecule has 0 radical (unpaired) electrons. The first-order chi connectivity index (χ1) is 15.5. The van der Waals surface area contributed by atoms with Crippen molar-refractivity contribution in [3.05, 3.63) is 87.4 Å². The first kappa shape index (κ1) is 22.4. The van der Waals surface area contributed by atoms with Crippen LogP contribution in [0.3, 0.4) is 0 Å². The van der Waals surface area contributed by atoms with Gasteiger partial charge in [0.1, 0.15) is 5.75 Å². The van der Waals surface area contributed by atoms with E-state index < -0.39 is 0 Å². The van der Waals surface area contributed by atoms with Gasteiger partial charge in [0.05, 0.1) is 29.5 Å². The standard InChI is InChI=1S/C23H18BrClN4O2S/c24-17-7-10-21(30)16(11-17)12-26-28-22(31)14-32-23-27-19-3-1-2-4-20(19)29(23)13-15-5-8-18(25)9-6-15/h1-12,30H,13-14H2,(H,28,31)/b26-12+. The number of imidazole rings is 1. The summed E-state index contributed by atoms with van der Waals surface area (Å²) in [6.45, 7) is 0.613. The van der Waals surface area contributed by atoms with Crippen molar-refractivity contribution in [1.82, 2.24) is 15.0 Å². The molecule has 3 aromatic carbocycles. The van der Waals surface area contributed by atoms with E-state index in [1.54, 1.807) is 18.2 Å². The highest BCUT2D eigenvalue weighted by molar-refractivity contribution is 9.10. The smallest absolute Gasteiger partial charge is 0.250 e. The van der Waals surface area contributed by atoms with Crippen LogP contribution in [0.15, 0.2) is 81.5 Å². The van der Waals surface area contributed by atoms with Crippen LogP contribution in [0.1, 0.15) is 11.1 Å². The number of aromatic hydroxyl groups is 1. The number of hydrogen-bond acceptors (Lipinski definition) is 5. The molecule has 9 heteroatoms. The number of halogens is 2. The molecule has 0 saturated carbocycles. The lowest BCUT2D eigenvalue weighted by molar-refractivity contribution is -0.118. The van der Waals surface area contributed by atoms with Crippen LogP contribution in [0.5, 0.6) is 5.75 Å². The summed E-state index contributed by atoms with van der Waals surface area (Å²) in [4.78, 5) is 17.0. The van der Waals surface area contributed by atoms with Gasteiger partial charge in [-0.25, -0.2) is 10.4 Å². The SMILES string of the molecule is O=C(CSc1nc2ccccc2n1Cc1ccc(Cl)cc1)N/N=C/c1cc(Br)ccc1O. The highest BCUT2D eigenvalue weighted by Gasteiger charge is 2.13. The fourth-order valence-electron chi connectivity index (χ4n) is 3.05. The molecule has 162 valence electrons. The Morgan fingerprint density at radius 3 is 2.78 bits per heavy atom. The predicted molar refractivity (Wildman–Crippen MR) is 133 cm³/mol. The van der Waals surface area contributed by atoms with E-state index in [2.05, 4.69) is 31.0 Å². The Labute approximate surface area is 202 Å². The van der Waals surface area contributed by atoms with E-state index in [1.807, 2.05) is 48.5 Å². The molecule has 6 nitrogen and oxygen atoms in total. The maximum absolute atomic E-state index is 12.3. The third kappa shape index (κ3) is 5.51. The van der Waals surface area contributed by atoms with Crippen LogP contribution < -0.4 is 5.43 Å².